The number of nitrogens with zero attached hydrogens (tertiary/aromatic N) is 2. The lowest BCUT2D eigenvalue weighted by atomic mass is 10.0. The molecule has 1 aliphatic rings. The number of pyridine rings is 1. The molecule has 1 unspecified atom stereocenters. The zero-order valence-electron chi connectivity index (χ0n) is 15.7. The Kier molecular flexibility index (Phi) is 5.30. The smallest absolute Gasteiger partial charge is 0.269 e. The predicted molar refractivity (Wildman–Crippen MR) is 105 cm³/mol. The molecule has 0 radical (unpaired) electrons. The summed E-state index contributed by atoms with van der Waals surface area (Å²) in [5, 5.41) is 2.91. The molecule has 0 saturated heterocycles. The number of benzene rings is 1. The number of carbonyl (C=O) groups is 2. The number of fused-ring (bicyclic) bond motifs is 1. The van der Waals surface area contributed by atoms with Crippen molar-refractivity contribution in [1.82, 2.24) is 4.98 Å². The maximum absolute atomic E-state index is 12.7. The summed E-state index contributed by atoms with van der Waals surface area (Å²) in [6.45, 7) is 5.82. The highest BCUT2D eigenvalue weighted by Crippen LogP contribution is 2.33. The topological polar surface area (TPSA) is 97.6 Å². The van der Waals surface area contributed by atoms with Gasteiger partial charge in [0.25, 0.3) is 5.91 Å². The SMILES string of the molecule is CCC1Oc2ccc(N)nc2N(CC(=O)Nc2ccccc2C(C)C)C1=O. The maximum atomic E-state index is 12.7. The number of hydrogen-bond acceptors (Lipinski definition) is 5. The van der Waals surface area contributed by atoms with E-state index in [1.165, 1.54) is 4.90 Å². The Bertz CT molecular complexity index is 866. The average Bonchev–Trinajstić information content (AvgIpc) is 2.64. The molecule has 3 N–H and O–H groups in total. The van der Waals surface area contributed by atoms with Crippen molar-refractivity contribution >= 4 is 29.1 Å². The summed E-state index contributed by atoms with van der Waals surface area (Å²) in [6.07, 6.45) is -0.143. The molecular weight excluding hydrogens is 344 g/mol. The van der Waals surface area contributed by atoms with E-state index in [1.54, 1.807) is 12.1 Å². The van der Waals surface area contributed by atoms with Crippen LogP contribution in [0.3, 0.4) is 0 Å². The highest BCUT2D eigenvalue weighted by Gasteiger charge is 2.35. The summed E-state index contributed by atoms with van der Waals surface area (Å²) in [6, 6.07) is 10.9. The molecular formula is C20H24N4O3. The van der Waals surface area contributed by atoms with Crippen LogP contribution >= 0.6 is 0 Å². The van der Waals surface area contributed by atoms with Crippen LogP contribution in [0.2, 0.25) is 0 Å². The Balaban J connectivity index is 1.85. The van der Waals surface area contributed by atoms with Gasteiger partial charge in [-0.05, 0) is 36.1 Å². The van der Waals surface area contributed by atoms with Crippen LogP contribution in [-0.4, -0.2) is 29.4 Å². The third kappa shape index (κ3) is 3.86. The lowest BCUT2D eigenvalue weighted by Gasteiger charge is -2.32. The predicted octanol–water partition coefficient (Wildman–Crippen LogP) is 2.93. The Hall–Kier alpha value is -3.09. The molecule has 0 bridgehead atoms. The number of para-hydroxylation sites is 1. The second kappa shape index (κ2) is 7.65. The zero-order chi connectivity index (χ0) is 19.6. The summed E-state index contributed by atoms with van der Waals surface area (Å²) in [7, 11) is 0. The van der Waals surface area contributed by atoms with Gasteiger partial charge in [-0.25, -0.2) is 4.98 Å². The summed E-state index contributed by atoms with van der Waals surface area (Å²) < 4.78 is 5.69. The van der Waals surface area contributed by atoms with E-state index in [4.69, 9.17) is 10.5 Å². The van der Waals surface area contributed by atoms with E-state index in [2.05, 4.69) is 24.1 Å². The van der Waals surface area contributed by atoms with Crippen LogP contribution in [0, 0.1) is 0 Å². The van der Waals surface area contributed by atoms with E-state index >= 15 is 0 Å². The molecule has 27 heavy (non-hydrogen) atoms. The Morgan fingerprint density at radius 2 is 2.04 bits per heavy atom. The van der Waals surface area contributed by atoms with Gasteiger partial charge in [0, 0.05) is 5.69 Å². The molecule has 2 amide bonds. The van der Waals surface area contributed by atoms with Gasteiger partial charge in [-0.3, -0.25) is 14.5 Å². The number of aromatic nitrogens is 1. The second-order valence-corrected chi connectivity index (χ2v) is 6.79. The number of nitrogens with one attached hydrogen (secondary N) is 1. The number of nitrogen functional groups attached to an aromatic ring is 1. The molecule has 142 valence electrons. The Labute approximate surface area is 158 Å². The third-order valence-corrected chi connectivity index (χ3v) is 4.46. The number of carbonyl (C=O) groups excluding carboxylic acids is 2. The van der Waals surface area contributed by atoms with Gasteiger partial charge < -0.3 is 15.8 Å². The van der Waals surface area contributed by atoms with Crippen molar-refractivity contribution in [2.24, 2.45) is 0 Å². The molecule has 0 spiro atoms. The van der Waals surface area contributed by atoms with Gasteiger partial charge >= 0.3 is 0 Å². The lowest BCUT2D eigenvalue weighted by Crippen LogP contribution is -2.49. The van der Waals surface area contributed by atoms with Crippen LogP contribution < -0.4 is 20.7 Å². The molecule has 0 saturated carbocycles. The van der Waals surface area contributed by atoms with Crippen LogP contribution in [-0.2, 0) is 9.59 Å². The fourth-order valence-electron chi connectivity index (χ4n) is 3.08. The second-order valence-electron chi connectivity index (χ2n) is 6.79. The highest BCUT2D eigenvalue weighted by molar-refractivity contribution is 6.05. The Morgan fingerprint density at radius 1 is 1.30 bits per heavy atom. The number of nitrogens with two attached hydrogens (primary N) is 1. The number of hydrogen-bond donors (Lipinski definition) is 2. The van der Waals surface area contributed by atoms with Crippen LogP contribution in [0.4, 0.5) is 17.3 Å². The van der Waals surface area contributed by atoms with Crippen LogP contribution in [0.5, 0.6) is 5.75 Å². The van der Waals surface area contributed by atoms with Crippen molar-refractivity contribution < 1.29 is 14.3 Å². The molecule has 3 rings (SSSR count). The van der Waals surface area contributed by atoms with E-state index in [1.807, 2.05) is 31.2 Å². The van der Waals surface area contributed by atoms with Crippen molar-refractivity contribution in [2.45, 2.75) is 39.2 Å². The quantitative estimate of drug-likeness (QED) is 0.846. The summed E-state index contributed by atoms with van der Waals surface area (Å²) in [5.74, 6) is 0.649. The first-order valence-electron chi connectivity index (χ1n) is 9.04. The Morgan fingerprint density at radius 3 is 2.74 bits per heavy atom. The number of ether oxygens (including phenoxy) is 1. The van der Waals surface area contributed by atoms with E-state index < -0.39 is 6.10 Å². The molecule has 1 atom stereocenters. The fourth-order valence-corrected chi connectivity index (χ4v) is 3.08. The van der Waals surface area contributed by atoms with Crippen molar-refractivity contribution in [3.63, 3.8) is 0 Å². The highest BCUT2D eigenvalue weighted by atomic mass is 16.5. The van der Waals surface area contributed by atoms with Crippen LogP contribution in [0.15, 0.2) is 36.4 Å². The molecule has 0 aliphatic carbocycles. The summed E-state index contributed by atoms with van der Waals surface area (Å²) in [5.41, 5.74) is 7.54. The minimum Gasteiger partial charge on any atom is -0.477 e. The number of amides is 2. The van der Waals surface area contributed by atoms with Crippen molar-refractivity contribution in [3.05, 3.63) is 42.0 Å². The van der Waals surface area contributed by atoms with Crippen LogP contribution in [0.25, 0.3) is 0 Å². The third-order valence-electron chi connectivity index (χ3n) is 4.46. The largest absolute Gasteiger partial charge is 0.477 e. The summed E-state index contributed by atoms with van der Waals surface area (Å²) in [4.78, 5) is 31.0. The van der Waals surface area contributed by atoms with Gasteiger partial charge in [0.05, 0.1) is 0 Å². The molecule has 1 aliphatic heterocycles. The molecule has 2 heterocycles. The zero-order valence-corrected chi connectivity index (χ0v) is 15.7. The van der Waals surface area contributed by atoms with Gasteiger partial charge in [-0.1, -0.05) is 39.0 Å². The van der Waals surface area contributed by atoms with E-state index in [-0.39, 0.29) is 35.9 Å². The molecule has 1 aromatic heterocycles. The molecule has 7 nitrogen and oxygen atoms in total. The monoisotopic (exact) mass is 368 g/mol. The van der Waals surface area contributed by atoms with Crippen molar-refractivity contribution in [2.75, 3.05) is 22.5 Å². The van der Waals surface area contributed by atoms with E-state index in [0.29, 0.717) is 12.2 Å². The molecule has 2 aromatic rings. The van der Waals surface area contributed by atoms with Gasteiger partial charge in [0.2, 0.25) is 5.91 Å². The van der Waals surface area contributed by atoms with Crippen molar-refractivity contribution in [3.8, 4) is 5.75 Å². The maximum Gasteiger partial charge on any atom is 0.269 e. The van der Waals surface area contributed by atoms with Crippen molar-refractivity contribution in [1.29, 1.82) is 0 Å². The van der Waals surface area contributed by atoms with Gasteiger partial charge in [-0.2, -0.15) is 0 Å². The molecule has 0 fully saturated rings. The summed E-state index contributed by atoms with van der Waals surface area (Å²) >= 11 is 0. The average molecular weight is 368 g/mol. The normalized spacial score (nSPS) is 16.1. The van der Waals surface area contributed by atoms with Crippen LogP contribution in [0.1, 0.15) is 38.7 Å². The molecule has 1 aromatic carbocycles. The molecule has 7 heteroatoms. The first kappa shape index (κ1) is 18.7. The fraction of sp³-hybridized carbons (Fsp3) is 0.350. The van der Waals surface area contributed by atoms with Gasteiger partial charge in [0.1, 0.15) is 12.4 Å². The standard InChI is InChI=1S/C20H24N4O3/c1-4-15-20(26)24(19-16(27-15)9-10-17(21)23-19)11-18(25)22-14-8-6-5-7-13(14)12(2)3/h5-10,12,15H,4,11H2,1-3H3,(H2,21,23)(H,22,25). The van der Waals surface area contributed by atoms with Gasteiger partial charge in [0.15, 0.2) is 17.7 Å². The van der Waals surface area contributed by atoms with E-state index in [0.717, 1.165) is 11.3 Å². The first-order valence-corrected chi connectivity index (χ1v) is 9.04. The van der Waals surface area contributed by atoms with E-state index in [9.17, 15) is 9.59 Å². The first-order chi connectivity index (χ1) is 12.9. The lowest BCUT2D eigenvalue weighted by molar-refractivity contribution is -0.128. The minimum absolute atomic E-state index is 0.158. The van der Waals surface area contributed by atoms with Gasteiger partial charge in [-0.15, -0.1) is 0 Å². The minimum atomic E-state index is -0.640. The number of anilines is 3. The number of rotatable bonds is 5.